The molecular formula is C14H14N4OS2. The highest BCUT2D eigenvalue weighted by atomic mass is 32.2. The zero-order valence-electron chi connectivity index (χ0n) is 11.7. The fourth-order valence-corrected chi connectivity index (χ4v) is 3.67. The van der Waals surface area contributed by atoms with Crippen LogP contribution < -0.4 is 5.56 Å². The largest absolute Gasteiger partial charge is 0.297 e. The summed E-state index contributed by atoms with van der Waals surface area (Å²) in [5.74, 6) is 0.822. The van der Waals surface area contributed by atoms with Crippen LogP contribution in [-0.4, -0.2) is 19.8 Å². The average molecular weight is 318 g/mol. The molecule has 0 atom stereocenters. The van der Waals surface area contributed by atoms with Gasteiger partial charge in [-0.3, -0.25) is 4.79 Å². The minimum Gasteiger partial charge on any atom is -0.265 e. The smallest absolute Gasteiger partial charge is 0.265 e. The standard InChI is InChI=1S/C14H14N4OS2/c1-3-11-12(19)18-13(16-15-11)21-14(17-18)20-8-10-6-4-9(2)5-7-10/h4-7H,3,8H2,1-2H3. The Morgan fingerprint density at radius 2 is 2.00 bits per heavy atom. The lowest BCUT2D eigenvalue weighted by molar-refractivity contribution is 0.781. The predicted octanol–water partition coefficient (Wildman–Crippen LogP) is 2.71. The number of hydrogen-bond donors (Lipinski definition) is 0. The van der Waals surface area contributed by atoms with Gasteiger partial charge in [-0.2, -0.15) is 4.52 Å². The van der Waals surface area contributed by atoms with E-state index in [2.05, 4.69) is 46.5 Å². The first-order valence-electron chi connectivity index (χ1n) is 6.61. The third-order valence-electron chi connectivity index (χ3n) is 3.05. The van der Waals surface area contributed by atoms with Crippen LogP contribution in [0.1, 0.15) is 23.7 Å². The fourth-order valence-electron chi connectivity index (χ4n) is 1.84. The van der Waals surface area contributed by atoms with E-state index >= 15 is 0 Å². The molecule has 21 heavy (non-hydrogen) atoms. The summed E-state index contributed by atoms with van der Waals surface area (Å²) in [6.07, 6.45) is 0.568. The van der Waals surface area contributed by atoms with Crippen molar-refractivity contribution in [3.63, 3.8) is 0 Å². The number of fused-ring (bicyclic) bond motifs is 1. The molecule has 108 valence electrons. The van der Waals surface area contributed by atoms with Gasteiger partial charge in [0.15, 0.2) is 4.34 Å². The van der Waals surface area contributed by atoms with Crippen LogP contribution in [0.15, 0.2) is 33.4 Å². The van der Waals surface area contributed by atoms with Crippen molar-refractivity contribution in [3.8, 4) is 0 Å². The summed E-state index contributed by atoms with van der Waals surface area (Å²) in [6, 6.07) is 8.41. The van der Waals surface area contributed by atoms with E-state index < -0.39 is 0 Å². The Labute approximate surface area is 130 Å². The van der Waals surface area contributed by atoms with Crippen molar-refractivity contribution < 1.29 is 0 Å². The molecule has 0 unspecified atom stereocenters. The summed E-state index contributed by atoms with van der Waals surface area (Å²) in [5, 5.41) is 12.3. The molecule has 0 fully saturated rings. The Bertz CT molecular complexity index is 823. The summed E-state index contributed by atoms with van der Waals surface area (Å²) in [6.45, 7) is 3.96. The summed E-state index contributed by atoms with van der Waals surface area (Å²) >= 11 is 3.00. The van der Waals surface area contributed by atoms with Gasteiger partial charge in [0.2, 0.25) is 4.96 Å². The molecule has 0 bridgehead atoms. The van der Waals surface area contributed by atoms with E-state index in [4.69, 9.17) is 0 Å². The van der Waals surface area contributed by atoms with Crippen molar-refractivity contribution >= 4 is 28.1 Å². The molecule has 5 nitrogen and oxygen atoms in total. The molecule has 7 heteroatoms. The Hall–Kier alpha value is -1.73. The number of aromatic nitrogens is 4. The maximum absolute atomic E-state index is 12.1. The summed E-state index contributed by atoms with van der Waals surface area (Å²) < 4.78 is 2.18. The normalized spacial score (nSPS) is 11.1. The van der Waals surface area contributed by atoms with E-state index in [1.807, 2.05) is 6.92 Å². The Kier molecular flexibility index (Phi) is 4.03. The van der Waals surface area contributed by atoms with Crippen LogP contribution in [0.4, 0.5) is 0 Å². The third kappa shape index (κ3) is 2.98. The summed E-state index contributed by atoms with van der Waals surface area (Å²) in [4.78, 5) is 12.6. The van der Waals surface area contributed by atoms with Gasteiger partial charge in [0.05, 0.1) is 0 Å². The molecule has 0 N–H and O–H groups in total. The average Bonchev–Trinajstić information content (AvgIpc) is 2.91. The second kappa shape index (κ2) is 5.95. The van der Waals surface area contributed by atoms with Gasteiger partial charge in [0, 0.05) is 5.75 Å². The van der Waals surface area contributed by atoms with Crippen LogP contribution in [0.25, 0.3) is 4.96 Å². The monoisotopic (exact) mass is 318 g/mol. The SMILES string of the molecule is CCc1nnc2sc(SCc3ccc(C)cc3)nn2c1=O. The molecule has 0 aliphatic rings. The van der Waals surface area contributed by atoms with Crippen LogP contribution in [0, 0.1) is 6.92 Å². The molecular weight excluding hydrogens is 304 g/mol. The number of nitrogens with zero attached hydrogens (tertiary/aromatic N) is 4. The highest BCUT2D eigenvalue weighted by molar-refractivity contribution is 8.00. The van der Waals surface area contributed by atoms with Crippen molar-refractivity contribution in [2.45, 2.75) is 30.4 Å². The molecule has 0 saturated carbocycles. The Balaban J connectivity index is 1.83. The maximum Gasteiger partial charge on any atom is 0.297 e. The van der Waals surface area contributed by atoms with E-state index in [1.54, 1.807) is 11.8 Å². The van der Waals surface area contributed by atoms with Gasteiger partial charge < -0.3 is 0 Å². The first-order valence-corrected chi connectivity index (χ1v) is 8.41. The zero-order chi connectivity index (χ0) is 14.8. The highest BCUT2D eigenvalue weighted by Crippen LogP contribution is 2.26. The molecule has 0 spiro atoms. The van der Waals surface area contributed by atoms with Gasteiger partial charge >= 0.3 is 0 Å². The van der Waals surface area contributed by atoms with Crippen molar-refractivity contribution in [2.75, 3.05) is 0 Å². The van der Waals surface area contributed by atoms with Crippen LogP contribution in [0.5, 0.6) is 0 Å². The highest BCUT2D eigenvalue weighted by Gasteiger charge is 2.11. The fraction of sp³-hybridized carbons (Fsp3) is 0.286. The molecule has 3 rings (SSSR count). The Morgan fingerprint density at radius 1 is 1.24 bits per heavy atom. The number of hydrogen-bond acceptors (Lipinski definition) is 6. The van der Waals surface area contributed by atoms with E-state index in [1.165, 1.54) is 27.0 Å². The summed E-state index contributed by atoms with van der Waals surface area (Å²) in [5.41, 5.74) is 2.77. The van der Waals surface area contributed by atoms with Gasteiger partial charge in [0.25, 0.3) is 5.56 Å². The van der Waals surface area contributed by atoms with Crippen LogP contribution in [-0.2, 0) is 12.2 Å². The molecule has 2 aromatic heterocycles. The molecule has 3 aromatic rings. The second-order valence-corrected chi connectivity index (χ2v) is 6.82. The van der Waals surface area contributed by atoms with Gasteiger partial charge in [0.1, 0.15) is 5.69 Å². The molecule has 2 heterocycles. The Morgan fingerprint density at radius 3 is 2.71 bits per heavy atom. The predicted molar refractivity (Wildman–Crippen MR) is 85.0 cm³/mol. The molecule has 0 aliphatic carbocycles. The van der Waals surface area contributed by atoms with Gasteiger partial charge in [-0.1, -0.05) is 59.9 Å². The molecule has 0 aliphatic heterocycles. The van der Waals surface area contributed by atoms with Crippen LogP contribution in [0.2, 0.25) is 0 Å². The van der Waals surface area contributed by atoms with Gasteiger partial charge in [-0.25, -0.2) is 0 Å². The minimum absolute atomic E-state index is 0.166. The van der Waals surface area contributed by atoms with Crippen molar-refractivity contribution in [1.29, 1.82) is 0 Å². The zero-order valence-corrected chi connectivity index (χ0v) is 13.4. The minimum atomic E-state index is -0.166. The van der Waals surface area contributed by atoms with E-state index in [9.17, 15) is 4.79 Å². The first kappa shape index (κ1) is 14.2. The van der Waals surface area contributed by atoms with Gasteiger partial charge in [-0.15, -0.1) is 15.3 Å². The first-order chi connectivity index (χ1) is 10.2. The lowest BCUT2D eigenvalue weighted by atomic mass is 10.2. The lowest BCUT2D eigenvalue weighted by Gasteiger charge is -1.98. The van der Waals surface area contributed by atoms with E-state index in [-0.39, 0.29) is 5.56 Å². The number of rotatable bonds is 4. The quantitative estimate of drug-likeness (QED) is 0.692. The molecule has 1 aromatic carbocycles. The van der Waals surface area contributed by atoms with E-state index in [0.29, 0.717) is 17.1 Å². The topological polar surface area (TPSA) is 60.1 Å². The van der Waals surface area contributed by atoms with E-state index in [0.717, 1.165) is 10.1 Å². The number of benzene rings is 1. The lowest BCUT2D eigenvalue weighted by Crippen LogP contribution is -2.21. The van der Waals surface area contributed by atoms with Crippen LogP contribution in [0.3, 0.4) is 0 Å². The summed E-state index contributed by atoms with van der Waals surface area (Å²) in [7, 11) is 0. The molecule has 0 radical (unpaired) electrons. The third-order valence-corrected chi connectivity index (χ3v) is 5.16. The van der Waals surface area contributed by atoms with Crippen LogP contribution >= 0.6 is 23.1 Å². The second-order valence-electron chi connectivity index (χ2n) is 4.64. The maximum atomic E-state index is 12.1. The number of aryl methyl sites for hydroxylation is 2. The van der Waals surface area contributed by atoms with Crippen molar-refractivity contribution in [2.24, 2.45) is 0 Å². The van der Waals surface area contributed by atoms with Crippen molar-refractivity contribution in [3.05, 3.63) is 51.4 Å². The van der Waals surface area contributed by atoms with Gasteiger partial charge in [-0.05, 0) is 18.9 Å². The van der Waals surface area contributed by atoms with Crippen molar-refractivity contribution in [1.82, 2.24) is 19.8 Å². The number of thioether (sulfide) groups is 1. The molecule has 0 amide bonds. The molecule has 0 saturated heterocycles.